The third-order valence-corrected chi connectivity index (χ3v) is 8.42. The molecule has 0 radical (unpaired) electrons. The zero-order valence-corrected chi connectivity index (χ0v) is 13.5. The summed E-state index contributed by atoms with van der Waals surface area (Å²) in [6, 6.07) is 2.74. The van der Waals surface area contributed by atoms with Gasteiger partial charge in [-0.2, -0.15) is 0 Å². The molecule has 0 amide bonds. The van der Waals surface area contributed by atoms with Gasteiger partial charge in [0.15, 0.2) is 16.6 Å². The standard InChI is InChI=1S/2C6H14OSi.6CH4/c2*1-8(2)6-4-3-5-7-8;;;;;;/h2*3-6H2,1-2H3;6*1H4. The molecule has 0 saturated carbocycles. The van der Waals surface area contributed by atoms with Crippen LogP contribution >= 0.6 is 0 Å². The first-order valence-corrected chi connectivity index (χ1v) is 12.9. The summed E-state index contributed by atoms with van der Waals surface area (Å²) in [4.78, 5) is 0. The van der Waals surface area contributed by atoms with Gasteiger partial charge in [0.1, 0.15) is 0 Å². The van der Waals surface area contributed by atoms with Crippen LogP contribution in [0.5, 0.6) is 0 Å². The molecule has 0 atom stereocenters. The van der Waals surface area contributed by atoms with Crippen LogP contribution in [0.15, 0.2) is 0 Å². The maximum absolute atomic E-state index is 5.60. The molecule has 2 saturated heterocycles. The Morgan fingerprint density at radius 2 is 0.773 bits per heavy atom. The third-order valence-electron chi connectivity index (χ3n) is 3.33. The van der Waals surface area contributed by atoms with Crippen LogP contribution in [0.1, 0.15) is 70.2 Å². The molecule has 2 rings (SSSR count). The molecule has 2 nitrogen and oxygen atoms in total. The van der Waals surface area contributed by atoms with Gasteiger partial charge in [0.25, 0.3) is 0 Å². The van der Waals surface area contributed by atoms with E-state index >= 15 is 0 Å². The fourth-order valence-corrected chi connectivity index (χ4v) is 6.03. The molecule has 0 aliphatic carbocycles. The van der Waals surface area contributed by atoms with E-state index in [0.29, 0.717) is 0 Å². The summed E-state index contributed by atoms with van der Waals surface area (Å²) in [6.45, 7) is 11.2. The Kier molecular flexibility index (Phi) is 30.7. The van der Waals surface area contributed by atoms with Crippen molar-refractivity contribution in [1.82, 2.24) is 0 Å². The van der Waals surface area contributed by atoms with E-state index in [4.69, 9.17) is 8.85 Å². The Morgan fingerprint density at radius 3 is 0.864 bits per heavy atom. The first-order valence-electron chi connectivity index (χ1n) is 6.69. The molecule has 144 valence electrons. The average Bonchev–Trinajstić information content (AvgIpc) is 2.17. The summed E-state index contributed by atoms with van der Waals surface area (Å²) < 4.78 is 11.2. The summed E-state index contributed by atoms with van der Waals surface area (Å²) in [6.07, 6.45) is 5.38. The highest BCUT2D eigenvalue weighted by molar-refractivity contribution is 6.71. The zero-order valence-electron chi connectivity index (χ0n) is 11.5. The van der Waals surface area contributed by atoms with Gasteiger partial charge < -0.3 is 8.85 Å². The Balaban J connectivity index is -0.0000000457. The highest BCUT2D eigenvalue weighted by atomic mass is 28.4. The van der Waals surface area contributed by atoms with Crippen LogP contribution in [0.3, 0.4) is 0 Å². The number of hydrogen-bond donors (Lipinski definition) is 0. The second kappa shape index (κ2) is 17.7. The van der Waals surface area contributed by atoms with Crippen LogP contribution in [0, 0.1) is 0 Å². The van der Waals surface area contributed by atoms with Crippen molar-refractivity contribution in [3.63, 3.8) is 0 Å². The lowest BCUT2D eigenvalue weighted by Crippen LogP contribution is -2.33. The maximum Gasteiger partial charge on any atom is 0.186 e. The van der Waals surface area contributed by atoms with E-state index in [2.05, 4.69) is 26.2 Å². The van der Waals surface area contributed by atoms with Crippen LogP contribution < -0.4 is 0 Å². The molecule has 0 unspecified atom stereocenters. The van der Waals surface area contributed by atoms with E-state index in [1.807, 2.05) is 0 Å². The Morgan fingerprint density at radius 1 is 0.500 bits per heavy atom. The molecule has 0 aromatic carbocycles. The maximum atomic E-state index is 5.60. The molecule has 22 heavy (non-hydrogen) atoms. The van der Waals surface area contributed by atoms with E-state index in [1.165, 1.54) is 37.8 Å². The van der Waals surface area contributed by atoms with Crippen LogP contribution in [-0.4, -0.2) is 29.8 Å². The summed E-state index contributed by atoms with van der Waals surface area (Å²) in [5.41, 5.74) is 0. The monoisotopic (exact) mass is 356 g/mol. The molecule has 0 aromatic rings. The quantitative estimate of drug-likeness (QED) is 0.412. The average molecular weight is 357 g/mol. The van der Waals surface area contributed by atoms with Crippen molar-refractivity contribution in [2.75, 3.05) is 13.2 Å². The van der Waals surface area contributed by atoms with E-state index < -0.39 is 16.6 Å². The SMILES string of the molecule is C.C.C.C.C.C.C[Si]1(C)CCCCO1.C[Si]1(C)CCCCO1. The van der Waals surface area contributed by atoms with Crippen molar-refractivity contribution in [2.24, 2.45) is 0 Å². The molecular weight excluding hydrogens is 304 g/mol. The van der Waals surface area contributed by atoms with Crippen molar-refractivity contribution < 1.29 is 8.85 Å². The van der Waals surface area contributed by atoms with E-state index in [-0.39, 0.29) is 44.6 Å². The molecule has 2 heterocycles. The van der Waals surface area contributed by atoms with Crippen molar-refractivity contribution >= 4 is 16.6 Å². The topological polar surface area (TPSA) is 18.5 Å². The van der Waals surface area contributed by atoms with E-state index in [0.717, 1.165) is 13.2 Å². The van der Waals surface area contributed by atoms with Gasteiger partial charge in [-0.3, -0.25) is 0 Å². The van der Waals surface area contributed by atoms with Crippen molar-refractivity contribution in [3.8, 4) is 0 Å². The lowest BCUT2D eigenvalue weighted by Gasteiger charge is -2.27. The summed E-state index contributed by atoms with van der Waals surface area (Å²) in [5.74, 6) is 0. The molecule has 2 fully saturated rings. The second-order valence-electron chi connectivity index (χ2n) is 6.13. The van der Waals surface area contributed by atoms with Gasteiger partial charge in [0, 0.05) is 13.2 Å². The minimum absolute atomic E-state index is 0. The first kappa shape index (κ1) is 38.1. The van der Waals surface area contributed by atoms with Crippen molar-refractivity contribution in [3.05, 3.63) is 0 Å². The zero-order chi connectivity index (χ0) is 12.1. The summed E-state index contributed by atoms with van der Waals surface area (Å²) in [5, 5.41) is 0. The predicted molar refractivity (Wildman–Crippen MR) is 115 cm³/mol. The Labute approximate surface area is 147 Å². The molecule has 0 N–H and O–H groups in total. The molecule has 2 aliphatic rings. The van der Waals surface area contributed by atoms with Crippen molar-refractivity contribution in [1.29, 1.82) is 0 Å². The van der Waals surface area contributed by atoms with Gasteiger partial charge in [0.05, 0.1) is 0 Å². The van der Waals surface area contributed by atoms with E-state index in [1.54, 1.807) is 0 Å². The molecule has 0 bridgehead atoms. The molecule has 0 spiro atoms. The van der Waals surface area contributed by atoms with Crippen molar-refractivity contribution in [2.45, 2.75) is 109 Å². The van der Waals surface area contributed by atoms with Gasteiger partial charge >= 0.3 is 0 Å². The van der Waals surface area contributed by atoms with Gasteiger partial charge in [-0.15, -0.1) is 0 Å². The van der Waals surface area contributed by atoms with Crippen LogP contribution in [0.4, 0.5) is 0 Å². The second-order valence-corrected chi connectivity index (χ2v) is 14.7. The Bertz CT molecular complexity index is 169. The first-order chi connectivity index (χ1) is 7.41. The fourth-order valence-electron chi connectivity index (χ4n) is 2.15. The molecular formula is C18H52O2Si2. The minimum Gasteiger partial charge on any atom is -0.417 e. The normalized spacial score (nSPS) is 20.2. The third kappa shape index (κ3) is 18.4. The fraction of sp³-hybridized carbons (Fsp3) is 1.00. The van der Waals surface area contributed by atoms with E-state index in [9.17, 15) is 0 Å². The highest BCUT2D eigenvalue weighted by Crippen LogP contribution is 2.20. The van der Waals surface area contributed by atoms with Gasteiger partial charge in [0.2, 0.25) is 0 Å². The lowest BCUT2D eigenvalue weighted by molar-refractivity contribution is 0.275. The lowest BCUT2D eigenvalue weighted by atomic mass is 10.4. The number of hydrogen-bond acceptors (Lipinski definition) is 2. The van der Waals surface area contributed by atoms with Crippen LogP contribution in [0.2, 0.25) is 38.3 Å². The summed E-state index contributed by atoms with van der Waals surface area (Å²) >= 11 is 0. The Hall–Kier alpha value is 0.354. The minimum atomic E-state index is -1.09. The van der Waals surface area contributed by atoms with Gasteiger partial charge in [-0.25, -0.2) is 0 Å². The van der Waals surface area contributed by atoms with Gasteiger partial charge in [-0.1, -0.05) is 57.4 Å². The van der Waals surface area contributed by atoms with Crippen LogP contribution in [0.25, 0.3) is 0 Å². The number of rotatable bonds is 0. The van der Waals surface area contributed by atoms with Crippen LogP contribution in [-0.2, 0) is 8.85 Å². The molecule has 2 aliphatic heterocycles. The molecule has 0 aromatic heterocycles. The van der Waals surface area contributed by atoms with Gasteiger partial charge in [-0.05, 0) is 51.1 Å². The highest BCUT2D eigenvalue weighted by Gasteiger charge is 2.25. The largest absolute Gasteiger partial charge is 0.417 e. The smallest absolute Gasteiger partial charge is 0.186 e. The summed E-state index contributed by atoms with van der Waals surface area (Å²) in [7, 11) is -2.18. The molecule has 4 heteroatoms. The predicted octanol–water partition coefficient (Wildman–Crippen LogP) is 7.82.